The Labute approximate surface area is 147 Å². The summed E-state index contributed by atoms with van der Waals surface area (Å²) in [6.45, 7) is 4.04. The highest BCUT2D eigenvalue weighted by atomic mass is 16.6. The van der Waals surface area contributed by atoms with E-state index >= 15 is 0 Å². The molecule has 1 aliphatic heterocycles. The summed E-state index contributed by atoms with van der Waals surface area (Å²) in [5.41, 5.74) is 0.468. The number of hydrogen-bond acceptors (Lipinski definition) is 6. The van der Waals surface area contributed by atoms with Gasteiger partial charge >= 0.3 is 12.1 Å². The van der Waals surface area contributed by atoms with Crippen molar-refractivity contribution in [3.8, 4) is 0 Å². The fourth-order valence-electron chi connectivity index (χ4n) is 3.07. The van der Waals surface area contributed by atoms with Crippen molar-refractivity contribution in [2.75, 3.05) is 32.1 Å². The summed E-state index contributed by atoms with van der Waals surface area (Å²) in [5, 5.41) is 3.33. The van der Waals surface area contributed by atoms with Crippen LogP contribution >= 0.6 is 0 Å². The first-order valence-corrected chi connectivity index (χ1v) is 8.79. The molecular weight excluding hydrogens is 322 g/mol. The molecule has 1 N–H and O–H groups in total. The van der Waals surface area contributed by atoms with E-state index in [1.807, 2.05) is 0 Å². The summed E-state index contributed by atoms with van der Waals surface area (Å²) < 4.78 is 10.1. The number of rotatable bonds is 5. The average Bonchev–Trinajstić information content (AvgIpc) is 3.35. The number of ether oxygens (including phenoxy) is 2. The fraction of sp³-hybridized carbons (Fsp3) is 0.611. The molecule has 1 unspecified atom stereocenters. The Morgan fingerprint density at radius 3 is 2.72 bits per heavy atom. The van der Waals surface area contributed by atoms with Gasteiger partial charge in [0.1, 0.15) is 5.82 Å². The van der Waals surface area contributed by atoms with E-state index in [0.717, 1.165) is 19.3 Å². The molecule has 2 fully saturated rings. The van der Waals surface area contributed by atoms with Gasteiger partial charge in [-0.15, -0.1) is 0 Å². The Morgan fingerprint density at radius 2 is 2.08 bits per heavy atom. The Hall–Kier alpha value is -2.31. The van der Waals surface area contributed by atoms with Gasteiger partial charge in [0.25, 0.3) is 0 Å². The Morgan fingerprint density at radius 1 is 1.36 bits per heavy atom. The number of nitrogens with one attached hydrogen (secondary N) is 1. The van der Waals surface area contributed by atoms with Gasteiger partial charge in [-0.25, -0.2) is 14.6 Å². The molecule has 1 saturated carbocycles. The molecule has 7 heteroatoms. The first-order valence-electron chi connectivity index (χ1n) is 8.79. The molecule has 0 bridgehead atoms. The molecule has 1 aromatic rings. The third-order valence-corrected chi connectivity index (χ3v) is 4.98. The third-order valence-electron chi connectivity index (χ3n) is 4.98. The second-order valence-corrected chi connectivity index (χ2v) is 6.88. The van der Waals surface area contributed by atoms with Gasteiger partial charge in [-0.2, -0.15) is 0 Å². The van der Waals surface area contributed by atoms with Gasteiger partial charge in [0.15, 0.2) is 0 Å². The van der Waals surface area contributed by atoms with Crippen LogP contribution < -0.4 is 5.32 Å². The molecule has 25 heavy (non-hydrogen) atoms. The smallest absolute Gasteiger partial charge is 0.409 e. The maximum absolute atomic E-state index is 12.1. The largest absolute Gasteiger partial charge is 0.465 e. The molecular formula is C18H25N3O4. The number of carbonyl (C=O) groups is 2. The van der Waals surface area contributed by atoms with E-state index in [0.29, 0.717) is 42.9 Å². The van der Waals surface area contributed by atoms with E-state index in [9.17, 15) is 9.59 Å². The van der Waals surface area contributed by atoms with E-state index in [1.165, 1.54) is 7.11 Å². The van der Waals surface area contributed by atoms with Crippen molar-refractivity contribution in [2.24, 2.45) is 11.8 Å². The predicted octanol–water partition coefficient (Wildman–Crippen LogP) is 2.54. The van der Waals surface area contributed by atoms with Crippen LogP contribution in [0.4, 0.5) is 10.6 Å². The van der Waals surface area contributed by atoms with Gasteiger partial charge in [0.05, 0.1) is 19.3 Å². The maximum Gasteiger partial charge on any atom is 0.409 e. The van der Waals surface area contributed by atoms with E-state index in [2.05, 4.69) is 17.2 Å². The standard InChI is InChI=1S/C18H25N3O4/c1-12-9-14(12)11-25-18(23)21-7-4-15(5-8-21)20-16-10-13(3-6-19-16)17(22)24-2/h3,6,10,12,14-15H,4-5,7-9,11H2,1-2H3,(H,19,20)/t12?,14-/m1/s1. The third kappa shape index (κ3) is 4.61. The summed E-state index contributed by atoms with van der Waals surface area (Å²) in [6.07, 6.45) is 4.18. The van der Waals surface area contributed by atoms with Gasteiger partial charge in [0.2, 0.25) is 0 Å². The molecule has 3 rings (SSSR count). The Kier molecular flexibility index (Phi) is 5.40. The highest BCUT2D eigenvalue weighted by molar-refractivity contribution is 5.90. The van der Waals surface area contributed by atoms with E-state index in [-0.39, 0.29) is 18.1 Å². The number of pyridine rings is 1. The minimum absolute atomic E-state index is 0.205. The van der Waals surface area contributed by atoms with Crippen molar-refractivity contribution >= 4 is 17.9 Å². The number of aromatic nitrogens is 1. The van der Waals surface area contributed by atoms with E-state index in [1.54, 1.807) is 23.2 Å². The number of carbonyl (C=O) groups excluding carboxylic acids is 2. The van der Waals surface area contributed by atoms with Crippen molar-refractivity contribution in [3.05, 3.63) is 23.9 Å². The molecule has 1 amide bonds. The summed E-state index contributed by atoms with van der Waals surface area (Å²) >= 11 is 0. The molecule has 0 spiro atoms. The SMILES string of the molecule is COC(=O)c1ccnc(NC2CCN(C(=O)OC[C@H]3CC3C)CC2)c1. The number of methoxy groups -OCH3 is 1. The predicted molar refractivity (Wildman–Crippen MR) is 92.4 cm³/mol. The molecule has 0 radical (unpaired) electrons. The molecule has 7 nitrogen and oxygen atoms in total. The number of esters is 1. The molecule has 1 aliphatic carbocycles. The van der Waals surface area contributed by atoms with Crippen LogP contribution in [0.25, 0.3) is 0 Å². The minimum atomic E-state index is -0.381. The lowest BCUT2D eigenvalue weighted by Crippen LogP contribution is -2.42. The monoisotopic (exact) mass is 347 g/mol. The van der Waals surface area contributed by atoms with Crippen LogP contribution in [0.3, 0.4) is 0 Å². The number of nitrogens with zero attached hydrogens (tertiary/aromatic N) is 2. The van der Waals surface area contributed by atoms with E-state index in [4.69, 9.17) is 9.47 Å². The van der Waals surface area contributed by atoms with Crippen molar-refractivity contribution in [2.45, 2.75) is 32.2 Å². The summed E-state index contributed by atoms with van der Waals surface area (Å²) in [5.74, 6) is 1.51. The number of piperidine rings is 1. The minimum Gasteiger partial charge on any atom is -0.465 e. The van der Waals surface area contributed by atoms with Gasteiger partial charge in [-0.3, -0.25) is 0 Å². The van der Waals surface area contributed by atoms with Crippen LogP contribution in [0.5, 0.6) is 0 Å². The number of likely N-dealkylation sites (tertiary alicyclic amines) is 1. The topological polar surface area (TPSA) is 80.8 Å². The van der Waals surface area contributed by atoms with Crippen molar-refractivity contribution in [1.29, 1.82) is 0 Å². The van der Waals surface area contributed by atoms with Gasteiger partial charge in [-0.05, 0) is 43.2 Å². The Bertz CT molecular complexity index is 629. The fourth-order valence-corrected chi connectivity index (χ4v) is 3.07. The molecule has 2 heterocycles. The van der Waals surface area contributed by atoms with Gasteiger partial charge in [-0.1, -0.05) is 6.92 Å². The molecule has 2 atom stereocenters. The van der Waals surface area contributed by atoms with Crippen molar-refractivity contribution in [3.63, 3.8) is 0 Å². The van der Waals surface area contributed by atoms with Crippen LogP contribution in [-0.4, -0.2) is 54.8 Å². The van der Waals surface area contributed by atoms with Crippen LogP contribution in [-0.2, 0) is 9.47 Å². The molecule has 1 saturated heterocycles. The number of hydrogen-bond donors (Lipinski definition) is 1. The van der Waals surface area contributed by atoms with Crippen LogP contribution in [0, 0.1) is 11.8 Å². The lowest BCUT2D eigenvalue weighted by atomic mass is 10.1. The zero-order valence-electron chi connectivity index (χ0n) is 14.7. The van der Waals surface area contributed by atoms with Gasteiger partial charge in [0, 0.05) is 25.3 Å². The van der Waals surface area contributed by atoms with Crippen LogP contribution in [0.2, 0.25) is 0 Å². The summed E-state index contributed by atoms with van der Waals surface area (Å²) in [7, 11) is 1.36. The van der Waals surface area contributed by atoms with Crippen LogP contribution in [0.15, 0.2) is 18.3 Å². The second-order valence-electron chi connectivity index (χ2n) is 6.88. The van der Waals surface area contributed by atoms with E-state index < -0.39 is 0 Å². The normalized spacial score (nSPS) is 23.0. The van der Waals surface area contributed by atoms with Gasteiger partial charge < -0.3 is 19.7 Å². The maximum atomic E-state index is 12.1. The van der Waals surface area contributed by atoms with Crippen molar-refractivity contribution in [1.82, 2.24) is 9.88 Å². The molecule has 2 aliphatic rings. The Balaban J connectivity index is 1.44. The lowest BCUT2D eigenvalue weighted by molar-refractivity contribution is 0.0600. The second kappa shape index (κ2) is 7.72. The number of amides is 1. The van der Waals surface area contributed by atoms with Crippen LogP contribution in [0.1, 0.15) is 36.5 Å². The molecule has 136 valence electrons. The number of anilines is 1. The van der Waals surface area contributed by atoms with Crippen molar-refractivity contribution < 1.29 is 19.1 Å². The molecule has 1 aromatic heterocycles. The zero-order valence-corrected chi connectivity index (χ0v) is 14.7. The first-order chi connectivity index (χ1) is 12.1. The first kappa shape index (κ1) is 17.5. The molecule has 0 aromatic carbocycles. The zero-order chi connectivity index (χ0) is 17.8. The average molecular weight is 347 g/mol. The highest BCUT2D eigenvalue weighted by Crippen LogP contribution is 2.37. The summed E-state index contributed by atoms with van der Waals surface area (Å²) in [4.78, 5) is 29.7. The lowest BCUT2D eigenvalue weighted by Gasteiger charge is -2.32. The quantitative estimate of drug-likeness (QED) is 0.825. The highest BCUT2D eigenvalue weighted by Gasteiger charge is 2.34. The summed E-state index contributed by atoms with van der Waals surface area (Å²) in [6, 6.07) is 3.52.